The maximum atomic E-state index is 2.52. The Morgan fingerprint density at radius 2 is 2.14 bits per heavy atom. The van der Waals surface area contributed by atoms with E-state index < -0.39 is 0 Å². The van der Waals surface area contributed by atoms with Gasteiger partial charge in [0.25, 0.3) is 0 Å². The van der Waals surface area contributed by atoms with Crippen molar-refractivity contribution in [3.05, 3.63) is 11.6 Å². The van der Waals surface area contributed by atoms with Crippen LogP contribution in [0.3, 0.4) is 0 Å². The first-order chi connectivity index (χ1) is 6.53. The van der Waals surface area contributed by atoms with Crippen molar-refractivity contribution in [3.63, 3.8) is 0 Å². The van der Waals surface area contributed by atoms with E-state index >= 15 is 0 Å². The van der Waals surface area contributed by atoms with E-state index in [0.29, 0.717) is 5.41 Å². The van der Waals surface area contributed by atoms with Gasteiger partial charge in [-0.2, -0.15) is 0 Å². The fourth-order valence-electron chi connectivity index (χ4n) is 2.47. The van der Waals surface area contributed by atoms with Crippen molar-refractivity contribution < 1.29 is 0 Å². The van der Waals surface area contributed by atoms with Crippen molar-refractivity contribution in [2.24, 2.45) is 5.41 Å². The highest BCUT2D eigenvalue weighted by atomic mass is 15.1. The van der Waals surface area contributed by atoms with Gasteiger partial charge in [-0.25, -0.2) is 0 Å². The van der Waals surface area contributed by atoms with E-state index in [1.165, 1.54) is 38.8 Å². The van der Waals surface area contributed by atoms with Gasteiger partial charge < -0.3 is 4.90 Å². The van der Waals surface area contributed by atoms with Crippen LogP contribution in [0.5, 0.6) is 0 Å². The molecule has 0 atom stereocenters. The summed E-state index contributed by atoms with van der Waals surface area (Å²) in [5, 5.41) is 0. The molecule has 1 fully saturated rings. The van der Waals surface area contributed by atoms with Crippen LogP contribution < -0.4 is 0 Å². The second kappa shape index (κ2) is 4.97. The van der Waals surface area contributed by atoms with Crippen molar-refractivity contribution in [3.8, 4) is 0 Å². The molecule has 0 aromatic carbocycles. The summed E-state index contributed by atoms with van der Waals surface area (Å²) in [5.41, 5.74) is 2.06. The predicted molar refractivity (Wildman–Crippen MR) is 63.5 cm³/mol. The molecule has 0 amide bonds. The van der Waals surface area contributed by atoms with Gasteiger partial charge in [-0.1, -0.05) is 38.8 Å². The second-order valence-electron chi connectivity index (χ2n) is 5.38. The SMILES string of the molecule is CCCC(C)(C)/C=C1\CCCN(C)C1. The van der Waals surface area contributed by atoms with E-state index in [-0.39, 0.29) is 0 Å². The van der Waals surface area contributed by atoms with Crippen LogP contribution in [0, 0.1) is 5.41 Å². The Morgan fingerprint density at radius 1 is 1.43 bits per heavy atom. The van der Waals surface area contributed by atoms with Crippen LogP contribution in [0.15, 0.2) is 11.6 Å². The largest absolute Gasteiger partial charge is 0.302 e. The number of nitrogens with zero attached hydrogens (tertiary/aromatic N) is 1. The van der Waals surface area contributed by atoms with Crippen LogP contribution in [0.25, 0.3) is 0 Å². The molecule has 1 heteroatoms. The Balaban J connectivity index is 2.57. The third-order valence-corrected chi connectivity index (χ3v) is 3.00. The van der Waals surface area contributed by atoms with Crippen molar-refractivity contribution in [2.45, 2.75) is 46.5 Å². The van der Waals surface area contributed by atoms with E-state index in [0.717, 1.165) is 0 Å². The standard InChI is InChI=1S/C13H25N/c1-5-8-13(2,3)10-12-7-6-9-14(4)11-12/h10H,5-9,11H2,1-4H3/b12-10+. The maximum absolute atomic E-state index is 2.52. The lowest BCUT2D eigenvalue weighted by Gasteiger charge is -2.28. The van der Waals surface area contributed by atoms with Crippen LogP contribution in [0.1, 0.15) is 46.5 Å². The number of likely N-dealkylation sites (N-methyl/N-ethyl adjacent to an activating group) is 1. The normalized spacial score (nSPS) is 23.0. The average molecular weight is 195 g/mol. The van der Waals surface area contributed by atoms with Gasteiger partial charge >= 0.3 is 0 Å². The predicted octanol–water partition coefficient (Wildman–Crippen LogP) is 3.46. The molecule has 0 unspecified atom stereocenters. The van der Waals surface area contributed by atoms with E-state index in [4.69, 9.17) is 0 Å². The molecule has 0 bridgehead atoms. The lowest BCUT2D eigenvalue weighted by molar-refractivity contribution is 0.316. The minimum atomic E-state index is 0.405. The maximum Gasteiger partial charge on any atom is 0.0190 e. The first-order valence-electron chi connectivity index (χ1n) is 5.92. The van der Waals surface area contributed by atoms with Gasteiger partial charge in [0.15, 0.2) is 0 Å². The lowest BCUT2D eigenvalue weighted by atomic mass is 9.84. The molecule has 0 spiro atoms. The van der Waals surface area contributed by atoms with Crippen LogP contribution in [-0.2, 0) is 0 Å². The first kappa shape index (κ1) is 11.8. The van der Waals surface area contributed by atoms with E-state index in [9.17, 15) is 0 Å². The van der Waals surface area contributed by atoms with Crippen molar-refractivity contribution in [1.82, 2.24) is 4.90 Å². The summed E-state index contributed by atoms with van der Waals surface area (Å²) in [6.45, 7) is 9.45. The molecule has 1 nitrogen and oxygen atoms in total. The molecule has 0 N–H and O–H groups in total. The molecule has 0 saturated carbocycles. The quantitative estimate of drug-likeness (QED) is 0.623. The number of hydrogen-bond acceptors (Lipinski definition) is 1. The van der Waals surface area contributed by atoms with Gasteiger partial charge in [0, 0.05) is 6.54 Å². The highest BCUT2D eigenvalue weighted by Gasteiger charge is 2.17. The molecule has 1 rings (SSSR count). The molecule has 0 aromatic rings. The van der Waals surface area contributed by atoms with Gasteiger partial charge in [-0.05, 0) is 38.3 Å². The zero-order chi connectivity index (χ0) is 10.6. The monoisotopic (exact) mass is 195 g/mol. The van der Waals surface area contributed by atoms with Crippen LogP contribution in [0.4, 0.5) is 0 Å². The summed E-state index contributed by atoms with van der Waals surface area (Å²) < 4.78 is 0. The topological polar surface area (TPSA) is 3.24 Å². The first-order valence-corrected chi connectivity index (χ1v) is 5.92. The molecule has 1 heterocycles. The molecule has 0 aliphatic carbocycles. The third-order valence-electron chi connectivity index (χ3n) is 3.00. The molecule has 0 aromatic heterocycles. The van der Waals surface area contributed by atoms with Gasteiger partial charge in [-0.15, -0.1) is 0 Å². The zero-order valence-corrected chi connectivity index (χ0v) is 10.3. The van der Waals surface area contributed by atoms with Crippen LogP contribution in [-0.4, -0.2) is 25.0 Å². The molecule has 1 aliphatic rings. The minimum absolute atomic E-state index is 0.405. The number of rotatable bonds is 3. The number of piperidine rings is 1. The molecule has 14 heavy (non-hydrogen) atoms. The number of allylic oxidation sites excluding steroid dienone is 1. The molecule has 1 saturated heterocycles. The summed E-state index contributed by atoms with van der Waals surface area (Å²) >= 11 is 0. The summed E-state index contributed by atoms with van der Waals surface area (Å²) in [4.78, 5) is 2.43. The molecular weight excluding hydrogens is 170 g/mol. The van der Waals surface area contributed by atoms with Crippen LogP contribution >= 0.6 is 0 Å². The molecule has 0 radical (unpaired) electrons. The Labute approximate surface area is 89.2 Å². The van der Waals surface area contributed by atoms with Crippen molar-refractivity contribution in [2.75, 3.05) is 20.1 Å². The zero-order valence-electron chi connectivity index (χ0n) is 10.3. The molecular formula is C13H25N. The Hall–Kier alpha value is -0.300. The van der Waals surface area contributed by atoms with Crippen molar-refractivity contribution in [1.29, 1.82) is 0 Å². The summed E-state index contributed by atoms with van der Waals surface area (Å²) in [6.07, 6.45) is 7.76. The third kappa shape index (κ3) is 3.83. The van der Waals surface area contributed by atoms with Gasteiger partial charge in [-0.3, -0.25) is 0 Å². The Morgan fingerprint density at radius 3 is 2.71 bits per heavy atom. The number of likely N-dealkylation sites (tertiary alicyclic amines) is 1. The lowest BCUT2D eigenvalue weighted by Crippen LogP contribution is -2.27. The second-order valence-corrected chi connectivity index (χ2v) is 5.38. The number of hydrogen-bond donors (Lipinski definition) is 0. The molecule has 82 valence electrons. The van der Waals surface area contributed by atoms with Crippen LogP contribution in [0.2, 0.25) is 0 Å². The fourth-order valence-corrected chi connectivity index (χ4v) is 2.47. The highest BCUT2D eigenvalue weighted by Crippen LogP contribution is 2.28. The smallest absolute Gasteiger partial charge is 0.0190 e. The van der Waals surface area contributed by atoms with E-state index in [2.05, 4.69) is 38.8 Å². The Kier molecular flexibility index (Phi) is 4.18. The van der Waals surface area contributed by atoms with E-state index in [1.54, 1.807) is 5.57 Å². The summed E-state index contributed by atoms with van der Waals surface area (Å²) in [7, 11) is 2.22. The highest BCUT2D eigenvalue weighted by molar-refractivity contribution is 5.11. The van der Waals surface area contributed by atoms with E-state index in [1.807, 2.05) is 0 Å². The van der Waals surface area contributed by atoms with Gasteiger partial charge in [0.05, 0.1) is 0 Å². The van der Waals surface area contributed by atoms with Gasteiger partial charge in [0.1, 0.15) is 0 Å². The molecule has 1 aliphatic heterocycles. The van der Waals surface area contributed by atoms with Gasteiger partial charge in [0.2, 0.25) is 0 Å². The van der Waals surface area contributed by atoms with Crippen molar-refractivity contribution >= 4 is 0 Å². The summed E-state index contributed by atoms with van der Waals surface area (Å²) in [5.74, 6) is 0. The minimum Gasteiger partial charge on any atom is -0.302 e. The fraction of sp³-hybridized carbons (Fsp3) is 0.846. The Bertz CT molecular complexity index is 203. The summed E-state index contributed by atoms with van der Waals surface area (Å²) in [6, 6.07) is 0. The average Bonchev–Trinajstić information content (AvgIpc) is 2.02.